The van der Waals surface area contributed by atoms with Crippen molar-refractivity contribution in [2.45, 2.75) is 122 Å². The van der Waals surface area contributed by atoms with E-state index in [0.29, 0.717) is 0 Å². The summed E-state index contributed by atoms with van der Waals surface area (Å²) in [5, 5.41) is 0. The quantitative estimate of drug-likeness (QED) is 0.224. The van der Waals surface area contributed by atoms with Crippen LogP contribution in [0, 0.1) is 50.4 Å². The Morgan fingerprint density at radius 3 is 1.69 bits per heavy atom. The van der Waals surface area contributed by atoms with Gasteiger partial charge >= 0.3 is 37.9 Å². The van der Waals surface area contributed by atoms with Crippen LogP contribution in [0.25, 0.3) is 0 Å². The van der Waals surface area contributed by atoms with Gasteiger partial charge in [0.1, 0.15) is 0 Å². The molecule has 0 bridgehead atoms. The molecule has 4 fully saturated rings. The predicted molar refractivity (Wildman–Crippen MR) is 150 cm³/mol. The Morgan fingerprint density at radius 2 is 1.12 bits per heavy atom. The zero-order valence-corrected chi connectivity index (χ0v) is 28.6. The second-order valence-electron chi connectivity index (χ2n) is 12.8. The van der Waals surface area contributed by atoms with Gasteiger partial charge in [-0.1, -0.05) is 97.8 Å². The van der Waals surface area contributed by atoms with E-state index in [0.717, 1.165) is 35.5 Å². The molecule has 0 nitrogen and oxygen atoms in total. The van der Waals surface area contributed by atoms with Crippen molar-refractivity contribution in [2.75, 3.05) is 0 Å². The molecule has 4 rings (SSSR count). The first-order valence-corrected chi connectivity index (χ1v) is 26.6. The monoisotopic (exact) mass is 594 g/mol. The Hall–Kier alpha value is 1.90. The van der Waals surface area contributed by atoms with E-state index in [4.69, 9.17) is 17.0 Å². The summed E-state index contributed by atoms with van der Waals surface area (Å²) in [5.74, 6) is 6.49. The van der Waals surface area contributed by atoms with Gasteiger partial charge in [0.2, 0.25) is 0 Å². The van der Waals surface area contributed by atoms with Crippen LogP contribution in [0.1, 0.15) is 84.5 Å². The summed E-state index contributed by atoms with van der Waals surface area (Å²) >= 11 is -0.826. The normalized spacial score (nSPS) is 36.6. The van der Waals surface area contributed by atoms with Crippen molar-refractivity contribution in [1.29, 1.82) is 0 Å². The van der Waals surface area contributed by atoms with Crippen LogP contribution in [-0.2, 0) is 20.8 Å². The summed E-state index contributed by atoms with van der Waals surface area (Å²) in [7, 11) is 7.50. The van der Waals surface area contributed by atoms with Crippen LogP contribution in [0.15, 0.2) is 0 Å². The number of hydrogen-bond acceptors (Lipinski definition) is 0. The number of fused-ring (bicyclic) bond motifs is 2. The van der Waals surface area contributed by atoms with Crippen LogP contribution in [0.5, 0.6) is 0 Å². The molecule has 0 aromatic rings. The summed E-state index contributed by atoms with van der Waals surface area (Å²) in [4.78, 5) is 0. The average Bonchev–Trinajstić information content (AvgIpc) is 3.31. The predicted octanol–water partition coefficient (Wildman–Crippen LogP) is 10.6. The van der Waals surface area contributed by atoms with Crippen LogP contribution in [0.4, 0.5) is 0 Å². The van der Waals surface area contributed by atoms with E-state index in [1.165, 1.54) is 17.5 Å². The van der Waals surface area contributed by atoms with E-state index in [9.17, 15) is 0 Å². The van der Waals surface area contributed by atoms with E-state index in [2.05, 4.69) is 40.0 Å². The summed E-state index contributed by atoms with van der Waals surface area (Å²) in [6.07, 6.45) is 17.4. The first-order chi connectivity index (χ1) is 14.2. The molecule has 32 heavy (non-hydrogen) atoms. The minimum absolute atomic E-state index is 0. The van der Waals surface area contributed by atoms with Crippen LogP contribution < -0.4 is 0 Å². The van der Waals surface area contributed by atoms with Gasteiger partial charge in [0.15, 0.2) is 0 Å². The molecule has 0 aromatic carbocycles. The Kier molecular flexibility index (Phi) is 13.4. The number of hydrogen-bond donors (Lipinski definition) is 0. The van der Waals surface area contributed by atoms with Gasteiger partial charge in [-0.2, -0.15) is 0 Å². The molecule has 4 aliphatic carbocycles. The van der Waals surface area contributed by atoms with E-state index in [1.807, 2.05) is 0 Å². The molecular formula is C27H54Cl2Si2Zr. The molecule has 0 spiro atoms. The maximum atomic E-state index is 4.93. The second-order valence-corrected chi connectivity index (χ2v) is 32.6. The van der Waals surface area contributed by atoms with Crippen molar-refractivity contribution >= 4 is 32.2 Å². The van der Waals surface area contributed by atoms with Crippen molar-refractivity contribution in [3.8, 4) is 0 Å². The van der Waals surface area contributed by atoms with Crippen molar-refractivity contribution in [1.82, 2.24) is 0 Å². The third-order valence-corrected chi connectivity index (χ3v) is 31.8. The summed E-state index contributed by atoms with van der Waals surface area (Å²) < 4.78 is 0. The van der Waals surface area contributed by atoms with Gasteiger partial charge in [0, 0.05) is 15.2 Å². The molecule has 7 atom stereocenters. The summed E-state index contributed by atoms with van der Waals surface area (Å²) in [6, 6.07) is 0. The van der Waals surface area contributed by atoms with Crippen molar-refractivity contribution in [3.05, 3.63) is 14.9 Å². The molecule has 0 radical (unpaired) electrons. The van der Waals surface area contributed by atoms with Gasteiger partial charge in [0.05, 0.1) is 0 Å². The van der Waals surface area contributed by atoms with Crippen LogP contribution in [0.2, 0.25) is 37.3 Å². The SMILES string of the molecule is CC(C)C1CC([Si](C)(C)[Si](C)(C)C2CCC3CCCCC32)C2CCCCC12.[CH3-].[CH3-].[Cl][Zr+2][Cl]. The molecule has 0 saturated heterocycles. The third kappa shape index (κ3) is 6.23. The number of rotatable bonds is 4. The van der Waals surface area contributed by atoms with E-state index < -0.39 is 36.0 Å². The second kappa shape index (κ2) is 13.4. The van der Waals surface area contributed by atoms with Crippen LogP contribution in [-0.4, -0.2) is 15.2 Å². The topological polar surface area (TPSA) is 0 Å². The van der Waals surface area contributed by atoms with Gasteiger partial charge in [0.25, 0.3) is 0 Å². The first-order valence-electron chi connectivity index (χ1n) is 13.1. The summed E-state index contributed by atoms with van der Waals surface area (Å²) in [6.45, 7) is 16.7. The fraction of sp³-hybridized carbons (Fsp3) is 0.926. The molecule has 0 aromatic heterocycles. The van der Waals surface area contributed by atoms with Gasteiger partial charge in [-0.05, 0) is 59.4 Å². The molecule has 5 heteroatoms. The molecule has 0 N–H and O–H groups in total. The third-order valence-electron chi connectivity index (χ3n) is 11.2. The zero-order valence-electron chi connectivity index (χ0n) is 22.7. The van der Waals surface area contributed by atoms with Gasteiger partial charge in [-0.25, -0.2) is 0 Å². The van der Waals surface area contributed by atoms with Crippen LogP contribution >= 0.6 is 17.0 Å². The molecular weight excluding hydrogens is 543 g/mol. The average molecular weight is 597 g/mol. The molecule has 4 saturated carbocycles. The summed E-state index contributed by atoms with van der Waals surface area (Å²) in [5.41, 5.74) is 2.35. The van der Waals surface area contributed by atoms with Crippen molar-refractivity contribution in [2.24, 2.45) is 35.5 Å². The van der Waals surface area contributed by atoms with Gasteiger partial charge in [-0.15, -0.1) is 0 Å². The van der Waals surface area contributed by atoms with Gasteiger partial charge in [-0.3, -0.25) is 0 Å². The Labute approximate surface area is 223 Å². The van der Waals surface area contributed by atoms with E-state index in [1.54, 1.807) is 64.2 Å². The van der Waals surface area contributed by atoms with Crippen molar-refractivity contribution in [3.63, 3.8) is 0 Å². The maximum absolute atomic E-state index is 4.93. The molecule has 0 heterocycles. The fourth-order valence-corrected chi connectivity index (χ4v) is 23.5. The zero-order chi connectivity index (χ0) is 22.1. The van der Waals surface area contributed by atoms with Crippen molar-refractivity contribution < 1.29 is 20.8 Å². The molecule has 188 valence electrons. The van der Waals surface area contributed by atoms with Crippen LogP contribution in [0.3, 0.4) is 0 Å². The molecule has 4 aliphatic rings. The fourth-order valence-electron chi connectivity index (χ4n) is 9.04. The van der Waals surface area contributed by atoms with Gasteiger partial charge < -0.3 is 14.9 Å². The first kappa shape index (κ1) is 31.9. The minimum atomic E-state index is -1.20. The van der Waals surface area contributed by atoms with E-state index >= 15 is 0 Å². The molecule has 0 amide bonds. The molecule has 7 unspecified atom stereocenters. The molecule has 0 aliphatic heterocycles. The van der Waals surface area contributed by atoms with E-state index in [-0.39, 0.29) is 14.9 Å². The standard InChI is InChI=1S/C25H48Si2.2CH3.2ClH.Zr/c1-18(2)23-17-25(22-14-10-9-13-21(22)23)27(5,6)26(3,4)24-16-15-19-11-7-8-12-20(19)24;;;;;/h18-25H,7-17H2,1-6H3;2*1H3;2*1H;/q;2*-1;;;+4/p-2. The Bertz CT molecular complexity index is 554. The Balaban J connectivity index is 0.000000971. The number of halogens is 2. The Morgan fingerprint density at radius 1 is 0.656 bits per heavy atom.